The van der Waals surface area contributed by atoms with Crippen molar-refractivity contribution in [3.05, 3.63) is 69.6 Å². The van der Waals surface area contributed by atoms with Gasteiger partial charge in [0, 0.05) is 41.3 Å². The van der Waals surface area contributed by atoms with Gasteiger partial charge in [0.2, 0.25) is 0 Å². The van der Waals surface area contributed by atoms with Crippen molar-refractivity contribution in [2.75, 3.05) is 12.4 Å². The van der Waals surface area contributed by atoms with Gasteiger partial charge in [-0.1, -0.05) is 49.1 Å². The first-order valence-corrected chi connectivity index (χ1v) is 11.6. The number of nitrogens with one attached hydrogen (secondary N) is 1. The van der Waals surface area contributed by atoms with Crippen LogP contribution in [0.4, 0.5) is 5.69 Å². The second-order valence-corrected chi connectivity index (χ2v) is 9.06. The van der Waals surface area contributed by atoms with Crippen molar-refractivity contribution < 1.29 is 9.53 Å². The maximum Gasteiger partial charge on any atom is 0.275 e. The lowest BCUT2D eigenvalue weighted by atomic mass is 9.95. The Morgan fingerprint density at radius 1 is 1.12 bits per heavy atom. The first-order chi connectivity index (χ1) is 16.0. The summed E-state index contributed by atoms with van der Waals surface area (Å²) in [5, 5.41) is 4.95. The van der Waals surface area contributed by atoms with Crippen molar-refractivity contribution in [1.29, 1.82) is 0 Å². The number of nitrogens with zero attached hydrogens (tertiary/aromatic N) is 2. The van der Waals surface area contributed by atoms with E-state index < -0.39 is 0 Å². The number of anilines is 1. The second kappa shape index (κ2) is 8.60. The van der Waals surface area contributed by atoms with Crippen LogP contribution in [0.1, 0.15) is 48.5 Å². The number of para-hydroxylation sites is 1. The van der Waals surface area contributed by atoms with E-state index in [0.29, 0.717) is 32.9 Å². The molecule has 1 aliphatic carbocycles. The average Bonchev–Trinajstić information content (AvgIpc) is 3.13. The molecule has 7 heteroatoms. The zero-order chi connectivity index (χ0) is 23.1. The summed E-state index contributed by atoms with van der Waals surface area (Å²) in [6, 6.07) is 13.0. The SMILES string of the molecule is COc1ccc(NC(=O)c2cn(C3CCCCC3)c(=O)c3c2c2ccccc2n3C)cc1Cl. The molecule has 0 unspecified atom stereocenters. The Bertz CT molecular complexity index is 1430. The summed E-state index contributed by atoms with van der Waals surface area (Å²) in [5.74, 6) is 0.263. The molecule has 1 N–H and O–H groups in total. The lowest BCUT2D eigenvalue weighted by Crippen LogP contribution is -2.29. The molecule has 2 aromatic carbocycles. The molecule has 0 radical (unpaired) electrons. The summed E-state index contributed by atoms with van der Waals surface area (Å²) >= 11 is 6.26. The van der Waals surface area contributed by atoms with Gasteiger partial charge in [0.1, 0.15) is 11.3 Å². The van der Waals surface area contributed by atoms with Crippen LogP contribution < -0.4 is 15.6 Å². The van der Waals surface area contributed by atoms with Gasteiger partial charge < -0.3 is 19.2 Å². The summed E-state index contributed by atoms with van der Waals surface area (Å²) in [6.07, 6.45) is 7.03. The zero-order valence-corrected chi connectivity index (χ0v) is 19.5. The maximum absolute atomic E-state index is 13.6. The van der Waals surface area contributed by atoms with Crippen molar-refractivity contribution in [2.45, 2.75) is 38.1 Å². The lowest BCUT2D eigenvalue weighted by molar-refractivity contribution is 0.102. The number of carbonyl (C=O) groups is 1. The molecule has 0 aliphatic heterocycles. The summed E-state index contributed by atoms with van der Waals surface area (Å²) in [5.41, 5.74) is 2.49. The maximum atomic E-state index is 13.6. The Kier molecular flexibility index (Phi) is 5.62. The molecular formula is C26H26ClN3O3. The van der Waals surface area contributed by atoms with Crippen molar-refractivity contribution in [3.63, 3.8) is 0 Å². The van der Waals surface area contributed by atoms with Gasteiger partial charge in [-0.2, -0.15) is 0 Å². The number of benzene rings is 2. The molecule has 33 heavy (non-hydrogen) atoms. The second-order valence-electron chi connectivity index (χ2n) is 8.65. The van der Waals surface area contributed by atoms with E-state index in [1.807, 2.05) is 35.9 Å². The number of hydrogen-bond donors (Lipinski definition) is 1. The summed E-state index contributed by atoms with van der Waals surface area (Å²) in [6.45, 7) is 0. The van der Waals surface area contributed by atoms with E-state index in [9.17, 15) is 9.59 Å². The predicted molar refractivity (Wildman–Crippen MR) is 133 cm³/mol. The molecule has 0 bridgehead atoms. The van der Waals surface area contributed by atoms with E-state index in [-0.39, 0.29) is 17.5 Å². The van der Waals surface area contributed by atoms with E-state index in [1.54, 1.807) is 36.1 Å². The summed E-state index contributed by atoms with van der Waals surface area (Å²) in [7, 11) is 3.44. The smallest absolute Gasteiger partial charge is 0.275 e. The Morgan fingerprint density at radius 2 is 1.88 bits per heavy atom. The van der Waals surface area contributed by atoms with E-state index in [1.165, 1.54) is 6.42 Å². The summed E-state index contributed by atoms with van der Waals surface area (Å²) in [4.78, 5) is 27.2. The molecule has 2 heterocycles. The number of halogens is 1. The van der Waals surface area contributed by atoms with Crippen molar-refractivity contribution in [1.82, 2.24) is 9.13 Å². The highest BCUT2D eigenvalue weighted by Crippen LogP contribution is 2.33. The van der Waals surface area contributed by atoms with E-state index in [2.05, 4.69) is 5.32 Å². The van der Waals surface area contributed by atoms with Crippen LogP contribution in [0.15, 0.2) is 53.5 Å². The molecule has 0 spiro atoms. The topological polar surface area (TPSA) is 65.3 Å². The lowest BCUT2D eigenvalue weighted by Gasteiger charge is -2.25. The molecule has 1 amide bonds. The normalized spacial score (nSPS) is 14.6. The molecule has 0 atom stereocenters. The largest absolute Gasteiger partial charge is 0.495 e. The van der Waals surface area contributed by atoms with Gasteiger partial charge >= 0.3 is 0 Å². The van der Waals surface area contributed by atoms with Crippen LogP contribution >= 0.6 is 11.6 Å². The number of pyridine rings is 1. The van der Waals surface area contributed by atoms with Crippen LogP contribution in [0.25, 0.3) is 21.8 Å². The molecule has 0 saturated heterocycles. The van der Waals surface area contributed by atoms with Crippen LogP contribution in [-0.4, -0.2) is 22.2 Å². The number of fused-ring (bicyclic) bond motifs is 3. The number of aryl methyl sites for hydroxylation is 1. The molecule has 1 saturated carbocycles. The Balaban J connectivity index is 1.70. The third-order valence-electron chi connectivity index (χ3n) is 6.70. The van der Waals surface area contributed by atoms with Gasteiger partial charge in [-0.25, -0.2) is 0 Å². The fourth-order valence-electron chi connectivity index (χ4n) is 5.05. The molecule has 1 aliphatic rings. The van der Waals surface area contributed by atoms with Crippen LogP contribution in [-0.2, 0) is 7.05 Å². The fourth-order valence-corrected chi connectivity index (χ4v) is 5.30. The van der Waals surface area contributed by atoms with Gasteiger partial charge in [-0.15, -0.1) is 0 Å². The minimum Gasteiger partial charge on any atom is -0.495 e. The number of aromatic nitrogens is 2. The molecule has 2 aromatic heterocycles. The van der Waals surface area contributed by atoms with Crippen LogP contribution in [0, 0.1) is 0 Å². The number of hydrogen-bond acceptors (Lipinski definition) is 3. The fraction of sp³-hybridized carbons (Fsp3) is 0.308. The Morgan fingerprint density at radius 3 is 2.61 bits per heavy atom. The number of methoxy groups -OCH3 is 1. The number of carbonyl (C=O) groups excluding carboxylic acids is 1. The van der Waals surface area contributed by atoms with Gasteiger partial charge in [-0.05, 0) is 37.1 Å². The quantitative estimate of drug-likeness (QED) is 0.409. The molecule has 5 rings (SSSR count). The minimum atomic E-state index is -0.276. The van der Waals surface area contributed by atoms with Gasteiger partial charge in [0.05, 0.1) is 17.7 Å². The van der Waals surface area contributed by atoms with Crippen molar-refractivity contribution in [2.24, 2.45) is 7.05 Å². The third-order valence-corrected chi connectivity index (χ3v) is 7.00. The van der Waals surface area contributed by atoms with Crippen LogP contribution in [0.5, 0.6) is 5.75 Å². The third kappa shape index (κ3) is 3.68. The van der Waals surface area contributed by atoms with E-state index in [0.717, 1.165) is 36.6 Å². The van der Waals surface area contributed by atoms with Crippen molar-refractivity contribution in [3.8, 4) is 5.75 Å². The number of ether oxygens (including phenoxy) is 1. The Labute approximate surface area is 196 Å². The predicted octanol–water partition coefficient (Wildman–Crippen LogP) is 5.91. The molecule has 6 nitrogen and oxygen atoms in total. The molecule has 170 valence electrons. The molecule has 4 aromatic rings. The first kappa shape index (κ1) is 21.6. The standard InChI is InChI=1S/C26H26ClN3O3/c1-29-21-11-7-6-10-18(21)23-19(25(31)28-16-12-13-22(33-2)20(27)14-16)15-30(26(32)24(23)29)17-8-4-3-5-9-17/h6-7,10-15,17H,3-5,8-9H2,1-2H3,(H,28,31). The number of amides is 1. The molecule has 1 fully saturated rings. The number of rotatable bonds is 4. The first-order valence-electron chi connectivity index (χ1n) is 11.3. The zero-order valence-electron chi connectivity index (χ0n) is 18.7. The minimum absolute atomic E-state index is 0.0420. The van der Waals surface area contributed by atoms with Crippen LogP contribution in [0.2, 0.25) is 5.02 Å². The average molecular weight is 464 g/mol. The van der Waals surface area contributed by atoms with Gasteiger partial charge in [-0.3, -0.25) is 9.59 Å². The summed E-state index contributed by atoms with van der Waals surface area (Å²) < 4.78 is 8.91. The highest BCUT2D eigenvalue weighted by molar-refractivity contribution is 6.32. The Hall–Kier alpha value is -3.25. The van der Waals surface area contributed by atoms with E-state index >= 15 is 0 Å². The van der Waals surface area contributed by atoms with E-state index in [4.69, 9.17) is 16.3 Å². The van der Waals surface area contributed by atoms with Crippen molar-refractivity contribution >= 4 is 45.0 Å². The highest BCUT2D eigenvalue weighted by Gasteiger charge is 2.25. The monoisotopic (exact) mass is 463 g/mol. The van der Waals surface area contributed by atoms with Gasteiger partial charge in [0.25, 0.3) is 11.5 Å². The van der Waals surface area contributed by atoms with Crippen LogP contribution in [0.3, 0.4) is 0 Å². The highest BCUT2D eigenvalue weighted by atomic mass is 35.5. The van der Waals surface area contributed by atoms with Gasteiger partial charge in [0.15, 0.2) is 0 Å². The molecular weight excluding hydrogens is 438 g/mol.